The average molecular weight is 432 g/mol. The fourth-order valence-corrected chi connectivity index (χ4v) is 4.31. The number of rotatable bonds is 6. The first-order chi connectivity index (χ1) is 15.5. The van der Waals surface area contributed by atoms with Crippen molar-refractivity contribution in [1.29, 1.82) is 0 Å². The maximum atomic E-state index is 4.80. The van der Waals surface area contributed by atoms with Crippen molar-refractivity contribution in [2.75, 3.05) is 16.8 Å². The lowest BCUT2D eigenvalue weighted by molar-refractivity contribution is 0.574. The average Bonchev–Trinajstić information content (AvgIpc) is 3.40. The molecule has 1 aliphatic rings. The smallest absolute Gasteiger partial charge is 0.180 e. The lowest BCUT2D eigenvalue weighted by Crippen LogP contribution is -2.33. The number of aryl methyl sites for hydroxylation is 3. The molecule has 0 bridgehead atoms. The minimum atomic E-state index is 0.771. The Kier molecular flexibility index (Phi) is 5.24. The molecule has 1 aliphatic heterocycles. The van der Waals surface area contributed by atoms with E-state index in [0.29, 0.717) is 0 Å². The van der Waals surface area contributed by atoms with E-state index in [0.717, 1.165) is 84.4 Å². The molecule has 9 heteroatoms. The van der Waals surface area contributed by atoms with Gasteiger partial charge in [-0.25, -0.2) is 4.68 Å². The molecule has 0 atom stereocenters. The highest BCUT2D eigenvalue weighted by Crippen LogP contribution is 2.29. The SMILES string of the molecule is CCCCn1nc(C)cc1Nc1cnc2c(c1)CN(c1nn3cnnc3c(C)c1C)CC2. The summed E-state index contributed by atoms with van der Waals surface area (Å²) >= 11 is 0. The van der Waals surface area contributed by atoms with E-state index >= 15 is 0 Å². The lowest BCUT2D eigenvalue weighted by Gasteiger charge is -2.30. The van der Waals surface area contributed by atoms with Crippen molar-refractivity contribution < 1.29 is 0 Å². The standard InChI is InChI=1S/C23H29N9/c1-5-6-8-31-21(10-15(2)28-31)26-19-11-18-13-30(9-7-20(18)24-12-19)23-17(4)16(3)22-27-25-14-32(22)29-23/h10-12,14,26H,5-9,13H2,1-4H3. The highest BCUT2D eigenvalue weighted by Gasteiger charge is 2.22. The van der Waals surface area contributed by atoms with Crippen LogP contribution in [-0.2, 0) is 19.5 Å². The van der Waals surface area contributed by atoms with Crippen LogP contribution >= 0.6 is 0 Å². The van der Waals surface area contributed by atoms with E-state index in [4.69, 9.17) is 10.1 Å². The van der Waals surface area contributed by atoms with Gasteiger partial charge in [0.1, 0.15) is 12.1 Å². The minimum absolute atomic E-state index is 0.771. The number of nitrogens with one attached hydrogen (secondary N) is 1. The summed E-state index contributed by atoms with van der Waals surface area (Å²) in [5.74, 6) is 1.99. The number of fused-ring (bicyclic) bond motifs is 2. The van der Waals surface area contributed by atoms with E-state index in [1.54, 1.807) is 10.8 Å². The Labute approximate surface area is 187 Å². The van der Waals surface area contributed by atoms with Crippen molar-refractivity contribution >= 4 is 23.0 Å². The van der Waals surface area contributed by atoms with Crippen molar-refractivity contribution in [2.24, 2.45) is 0 Å². The van der Waals surface area contributed by atoms with Gasteiger partial charge in [-0.15, -0.1) is 15.3 Å². The molecule has 4 aromatic heterocycles. The molecule has 0 amide bonds. The topological polar surface area (TPSA) is 89.1 Å². The highest BCUT2D eigenvalue weighted by molar-refractivity contribution is 5.61. The molecule has 166 valence electrons. The zero-order valence-electron chi connectivity index (χ0n) is 19.1. The molecule has 0 saturated heterocycles. The first-order valence-corrected chi connectivity index (χ1v) is 11.2. The summed E-state index contributed by atoms with van der Waals surface area (Å²) in [6, 6.07) is 4.30. The molecule has 0 unspecified atom stereocenters. The second-order valence-corrected chi connectivity index (χ2v) is 8.55. The first kappa shape index (κ1) is 20.4. The molecular formula is C23H29N9. The number of hydrogen-bond acceptors (Lipinski definition) is 7. The Morgan fingerprint density at radius 1 is 1.09 bits per heavy atom. The van der Waals surface area contributed by atoms with Crippen molar-refractivity contribution in [1.82, 2.24) is 34.6 Å². The third-order valence-electron chi connectivity index (χ3n) is 6.20. The van der Waals surface area contributed by atoms with Crippen LogP contribution in [-0.4, -0.2) is 41.1 Å². The fraction of sp³-hybridized carbons (Fsp3) is 0.435. The number of pyridine rings is 1. The van der Waals surface area contributed by atoms with Crippen molar-refractivity contribution in [3.8, 4) is 0 Å². The number of aromatic nitrogens is 7. The third kappa shape index (κ3) is 3.68. The second-order valence-electron chi connectivity index (χ2n) is 8.55. The van der Waals surface area contributed by atoms with Crippen LogP contribution in [0.3, 0.4) is 0 Å². The van der Waals surface area contributed by atoms with Gasteiger partial charge in [0.05, 0.1) is 17.6 Å². The zero-order chi connectivity index (χ0) is 22.2. The van der Waals surface area contributed by atoms with Crippen LogP contribution in [0.25, 0.3) is 5.65 Å². The summed E-state index contributed by atoms with van der Waals surface area (Å²) in [7, 11) is 0. The van der Waals surface area contributed by atoms with Gasteiger partial charge < -0.3 is 10.2 Å². The molecule has 0 aromatic carbocycles. The zero-order valence-corrected chi connectivity index (χ0v) is 19.1. The maximum absolute atomic E-state index is 4.80. The Balaban J connectivity index is 1.41. The molecule has 0 radical (unpaired) electrons. The van der Waals surface area contributed by atoms with Gasteiger partial charge in [-0.3, -0.25) is 4.98 Å². The Morgan fingerprint density at radius 2 is 1.97 bits per heavy atom. The van der Waals surface area contributed by atoms with Crippen LogP contribution in [0.2, 0.25) is 0 Å². The van der Waals surface area contributed by atoms with Gasteiger partial charge in [0, 0.05) is 48.9 Å². The highest BCUT2D eigenvalue weighted by atomic mass is 15.4. The number of nitrogens with zero attached hydrogens (tertiary/aromatic N) is 8. The minimum Gasteiger partial charge on any atom is -0.350 e. The maximum Gasteiger partial charge on any atom is 0.180 e. The molecule has 1 N–H and O–H groups in total. The van der Waals surface area contributed by atoms with Crippen LogP contribution in [0, 0.1) is 20.8 Å². The van der Waals surface area contributed by atoms with E-state index in [2.05, 4.69) is 63.1 Å². The van der Waals surface area contributed by atoms with E-state index < -0.39 is 0 Å². The predicted octanol–water partition coefficient (Wildman–Crippen LogP) is 3.75. The van der Waals surface area contributed by atoms with Crippen LogP contribution in [0.15, 0.2) is 24.7 Å². The summed E-state index contributed by atoms with van der Waals surface area (Å²) in [6.07, 6.45) is 6.73. The van der Waals surface area contributed by atoms with Crippen LogP contribution in [0.5, 0.6) is 0 Å². The Hall–Kier alpha value is -3.49. The fourth-order valence-electron chi connectivity index (χ4n) is 4.31. The van der Waals surface area contributed by atoms with Gasteiger partial charge in [-0.2, -0.15) is 9.61 Å². The number of anilines is 3. The quantitative estimate of drug-likeness (QED) is 0.497. The van der Waals surface area contributed by atoms with Crippen molar-refractivity contribution in [3.05, 3.63) is 52.7 Å². The Morgan fingerprint density at radius 3 is 2.81 bits per heavy atom. The molecule has 0 aliphatic carbocycles. The normalized spacial score (nSPS) is 13.6. The summed E-state index contributed by atoms with van der Waals surface area (Å²) < 4.78 is 3.82. The number of unbranched alkanes of at least 4 members (excludes halogenated alkanes) is 1. The largest absolute Gasteiger partial charge is 0.350 e. The molecule has 0 fully saturated rings. The van der Waals surface area contributed by atoms with Crippen molar-refractivity contribution in [3.63, 3.8) is 0 Å². The summed E-state index contributed by atoms with van der Waals surface area (Å²) in [4.78, 5) is 7.08. The molecule has 5 heterocycles. The van der Waals surface area contributed by atoms with E-state index in [1.807, 2.05) is 13.1 Å². The summed E-state index contributed by atoms with van der Waals surface area (Å²) in [6.45, 7) is 11.0. The molecule has 5 rings (SSSR count). The van der Waals surface area contributed by atoms with Gasteiger partial charge in [0.15, 0.2) is 11.5 Å². The van der Waals surface area contributed by atoms with Gasteiger partial charge in [0.25, 0.3) is 0 Å². The monoisotopic (exact) mass is 431 g/mol. The third-order valence-corrected chi connectivity index (χ3v) is 6.20. The lowest BCUT2D eigenvalue weighted by atomic mass is 10.0. The van der Waals surface area contributed by atoms with Crippen LogP contribution in [0.1, 0.15) is 47.8 Å². The summed E-state index contributed by atoms with van der Waals surface area (Å²) in [5, 5.41) is 21.2. The molecule has 4 aromatic rings. The molecule has 0 saturated carbocycles. The molecule has 32 heavy (non-hydrogen) atoms. The van der Waals surface area contributed by atoms with E-state index in [1.165, 1.54) is 5.56 Å². The molecular weight excluding hydrogens is 402 g/mol. The Bertz CT molecular complexity index is 1270. The molecule has 0 spiro atoms. The van der Waals surface area contributed by atoms with Crippen LogP contribution < -0.4 is 10.2 Å². The first-order valence-electron chi connectivity index (χ1n) is 11.2. The molecule has 9 nitrogen and oxygen atoms in total. The van der Waals surface area contributed by atoms with Gasteiger partial charge in [0.2, 0.25) is 0 Å². The van der Waals surface area contributed by atoms with Crippen LogP contribution in [0.4, 0.5) is 17.3 Å². The second kappa shape index (κ2) is 8.22. The van der Waals surface area contributed by atoms with Gasteiger partial charge in [-0.1, -0.05) is 13.3 Å². The van der Waals surface area contributed by atoms with Gasteiger partial charge in [-0.05, 0) is 38.8 Å². The predicted molar refractivity (Wildman–Crippen MR) is 124 cm³/mol. The van der Waals surface area contributed by atoms with Crippen molar-refractivity contribution in [2.45, 2.75) is 60.0 Å². The summed E-state index contributed by atoms with van der Waals surface area (Å²) in [5.41, 5.74) is 7.45. The van der Waals surface area contributed by atoms with E-state index in [-0.39, 0.29) is 0 Å². The number of hydrogen-bond donors (Lipinski definition) is 1. The van der Waals surface area contributed by atoms with E-state index in [9.17, 15) is 0 Å². The van der Waals surface area contributed by atoms with Gasteiger partial charge >= 0.3 is 0 Å².